The summed E-state index contributed by atoms with van der Waals surface area (Å²) in [5.41, 5.74) is 0. The minimum atomic E-state index is -3.65. The molecule has 0 spiro atoms. The molecule has 0 heterocycles. The molecule has 0 amide bonds. The molecular formula is C3H8FNO2S. The Hall–Kier alpha value is -0.160. The van der Waals surface area contributed by atoms with Crippen LogP contribution >= 0.6 is 0 Å². The summed E-state index contributed by atoms with van der Waals surface area (Å²) in [4.78, 5) is 0.713. The predicted octanol–water partition coefficient (Wildman–Crippen LogP) is 0.199. The van der Waals surface area contributed by atoms with Gasteiger partial charge in [0.2, 0.25) is 10.0 Å². The highest BCUT2D eigenvalue weighted by molar-refractivity contribution is 7.89. The standard InChI is InChI=1S/C3H8FNO2S/c1-3(2)8(6,7)5-4/h3,5H,1-2H3. The van der Waals surface area contributed by atoms with Gasteiger partial charge in [-0.1, -0.05) is 4.94 Å². The molecule has 0 atom stereocenters. The summed E-state index contributed by atoms with van der Waals surface area (Å²) in [7, 11) is -3.65. The lowest BCUT2D eigenvalue weighted by Crippen LogP contribution is -2.24. The van der Waals surface area contributed by atoms with Crippen molar-refractivity contribution in [3.8, 4) is 0 Å². The van der Waals surface area contributed by atoms with E-state index < -0.39 is 15.3 Å². The van der Waals surface area contributed by atoms with E-state index >= 15 is 0 Å². The number of rotatable bonds is 2. The van der Waals surface area contributed by atoms with Crippen molar-refractivity contribution in [1.82, 2.24) is 4.94 Å². The van der Waals surface area contributed by atoms with Crippen molar-refractivity contribution in [3.05, 3.63) is 0 Å². The van der Waals surface area contributed by atoms with E-state index in [0.717, 1.165) is 0 Å². The fourth-order valence-corrected chi connectivity index (χ4v) is 0.267. The molecule has 0 rings (SSSR count). The molecule has 5 heteroatoms. The third-order valence-electron chi connectivity index (χ3n) is 0.728. The van der Waals surface area contributed by atoms with Crippen molar-refractivity contribution in [2.24, 2.45) is 0 Å². The van der Waals surface area contributed by atoms with Crippen molar-refractivity contribution in [2.75, 3.05) is 0 Å². The molecule has 0 aliphatic rings. The van der Waals surface area contributed by atoms with Crippen LogP contribution in [0.5, 0.6) is 0 Å². The third kappa shape index (κ3) is 1.75. The van der Waals surface area contributed by atoms with Gasteiger partial charge in [0.25, 0.3) is 0 Å². The van der Waals surface area contributed by atoms with Crippen molar-refractivity contribution in [2.45, 2.75) is 19.1 Å². The van der Waals surface area contributed by atoms with E-state index in [-0.39, 0.29) is 0 Å². The zero-order valence-electron chi connectivity index (χ0n) is 4.68. The Kier molecular flexibility index (Phi) is 2.36. The van der Waals surface area contributed by atoms with Gasteiger partial charge >= 0.3 is 0 Å². The van der Waals surface area contributed by atoms with Crippen molar-refractivity contribution < 1.29 is 12.9 Å². The first kappa shape index (κ1) is 7.84. The average molecular weight is 141 g/mol. The zero-order valence-corrected chi connectivity index (χ0v) is 5.50. The molecule has 0 aromatic carbocycles. The van der Waals surface area contributed by atoms with E-state index in [4.69, 9.17) is 0 Å². The quantitative estimate of drug-likeness (QED) is 0.558. The SMILES string of the molecule is CC(C)S(=O)(=O)NF. The molecule has 0 bridgehead atoms. The Morgan fingerprint density at radius 2 is 1.88 bits per heavy atom. The van der Waals surface area contributed by atoms with Gasteiger partial charge in [-0.15, -0.1) is 4.48 Å². The number of hydrogen-bond donors (Lipinski definition) is 1. The van der Waals surface area contributed by atoms with Crippen LogP contribution in [0.4, 0.5) is 4.48 Å². The second-order valence-electron chi connectivity index (χ2n) is 1.67. The average Bonchev–Trinajstić information content (AvgIpc) is 1.67. The summed E-state index contributed by atoms with van der Waals surface area (Å²) in [5.74, 6) is 0. The summed E-state index contributed by atoms with van der Waals surface area (Å²) in [5, 5.41) is -0.701. The van der Waals surface area contributed by atoms with E-state index in [0.29, 0.717) is 4.94 Å². The fraction of sp³-hybridized carbons (Fsp3) is 1.00. The Morgan fingerprint density at radius 1 is 1.50 bits per heavy atom. The van der Waals surface area contributed by atoms with Crippen LogP contribution in [0.2, 0.25) is 0 Å². The van der Waals surface area contributed by atoms with Crippen molar-refractivity contribution in [3.63, 3.8) is 0 Å². The van der Waals surface area contributed by atoms with Gasteiger partial charge in [-0.2, -0.15) is 0 Å². The maximum Gasteiger partial charge on any atom is 0.239 e. The van der Waals surface area contributed by atoms with Crippen LogP contribution in [0.3, 0.4) is 0 Å². The lowest BCUT2D eigenvalue weighted by Gasteiger charge is -1.99. The molecule has 3 nitrogen and oxygen atoms in total. The number of halogens is 1. The number of nitrogens with one attached hydrogen (secondary N) is 1. The highest BCUT2D eigenvalue weighted by Crippen LogP contribution is 1.93. The van der Waals surface area contributed by atoms with Crippen LogP contribution in [0, 0.1) is 0 Å². The second kappa shape index (κ2) is 2.41. The van der Waals surface area contributed by atoms with Gasteiger partial charge in [-0.3, -0.25) is 0 Å². The molecule has 8 heavy (non-hydrogen) atoms. The molecule has 0 aromatic heterocycles. The molecule has 0 saturated carbocycles. The minimum Gasteiger partial charge on any atom is -0.210 e. The van der Waals surface area contributed by atoms with Gasteiger partial charge in [-0.25, -0.2) is 8.42 Å². The first-order chi connectivity index (χ1) is 3.50. The van der Waals surface area contributed by atoms with Gasteiger partial charge in [0.15, 0.2) is 0 Å². The molecule has 0 aliphatic heterocycles. The topological polar surface area (TPSA) is 46.2 Å². The van der Waals surface area contributed by atoms with Gasteiger partial charge in [0.1, 0.15) is 0 Å². The fourth-order valence-electron chi connectivity index (χ4n) is 0.0891. The van der Waals surface area contributed by atoms with E-state index in [1.165, 1.54) is 13.8 Å². The lowest BCUT2D eigenvalue weighted by molar-refractivity contribution is 0.422. The van der Waals surface area contributed by atoms with E-state index in [9.17, 15) is 12.9 Å². The van der Waals surface area contributed by atoms with Crippen molar-refractivity contribution in [1.29, 1.82) is 0 Å². The smallest absolute Gasteiger partial charge is 0.210 e. The molecule has 0 saturated heterocycles. The maximum absolute atomic E-state index is 11.2. The summed E-state index contributed by atoms with van der Waals surface area (Å²) < 4.78 is 31.6. The van der Waals surface area contributed by atoms with E-state index in [2.05, 4.69) is 0 Å². The Bertz CT molecular complexity index is 151. The minimum absolute atomic E-state index is 0.701. The molecule has 0 unspecified atom stereocenters. The van der Waals surface area contributed by atoms with Crippen LogP contribution in [0.15, 0.2) is 0 Å². The van der Waals surface area contributed by atoms with Gasteiger partial charge in [0, 0.05) is 0 Å². The van der Waals surface area contributed by atoms with E-state index in [1.54, 1.807) is 0 Å². The predicted molar refractivity (Wildman–Crippen MR) is 28.3 cm³/mol. The normalized spacial score (nSPS) is 12.5. The first-order valence-corrected chi connectivity index (χ1v) is 3.66. The van der Waals surface area contributed by atoms with Crippen LogP contribution in [-0.4, -0.2) is 13.7 Å². The highest BCUT2D eigenvalue weighted by Gasteiger charge is 2.13. The van der Waals surface area contributed by atoms with Crippen LogP contribution in [0.25, 0.3) is 0 Å². The lowest BCUT2D eigenvalue weighted by atomic mass is 10.6. The second-order valence-corrected chi connectivity index (χ2v) is 3.86. The van der Waals surface area contributed by atoms with Crippen LogP contribution in [0.1, 0.15) is 13.8 Å². The van der Waals surface area contributed by atoms with Gasteiger partial charge in [-0.05, 0) is 13.8 Å². The molecule has 0 radical (unpaired) electrons. The first-order valence-electron chi connectivity index (χ1n) is 2.12. The third-order valence-corrected chi connectivity index (χ3v) is 2.18. The summed E-state index contributed by atoms with van der Waals surface area (Å²) in [6, 6.07) is 0. The largest absolute Gasteiger partial charge is 0.239 e. The monoisotopic (exact) mass is 141 g/mol. The molecular weight excluding hydrogens is 133 g/mol. The number of sulfonamides is 1. The van der Waals surface area contributed by atoms with Crippen LogP contribution < -0.4 is 4.94 Å². The Morgan fingerprint density at radius 3 is 1.88 bits per heavy atom. The Balaban J connectivity index is 4.17. The van der Waals surface area contributed by atoms with Gasteiger partial charge < -0.3 is 0 Å². The molecule has 0 aromatic rings. The van der Waals surface area contributed by atoms with Gasteiger partial charge in [0.05, 0.1) is 5.25 Å². The summed E-state index contributed by atoms with van der Waals surface area (Å²) >= 11 is 0. The van der Waals surface area contributed by atoms with Crippen LogP contribution in [-0.2, 0) is 10.0 Å². The summed E-state index contributed by atoms with van der Waals surface area (Å²) in [6.07, 6.45) is 0. The molecule has 1 N–H and O–H groups in total. The maximum atomic E-state index is 11.2. The Labute approximate surface area is 47.9 Å². The zero-order chi connectivity index (χ0) is 6.78. The van der Waals surface area contributed by atoms with Crippen molar-refractivity contribution >= 4 is 10.0 Å². The summed E-state index contributed by atoms with van der Waals surface area (Å²) in [6.45, 7) is 2.78. The molecule has 0 aliphatic carbocycles. The number of hydrogen-bond acceptors (Lipinski definition) is 2. The molecule has 0 fully saturated rings. The highest BCUT2D eigenvalue weighted by atomic mass is 32.2. The molecule has 50 valence electrons. The van der Waals surface area contributed by atoms with E-state index in [1.807, 2.05) is 0 Å².